The van der Waals surface area contributed by atoms with E-state index in [2.05, 4.69) is 28.6 Å². The molecule has 5 nitrogen and oxygen atoms in total. The molecule has 3 rings (SSSR count). The Morgan fingerprint density at radius 1 is 1.06 bits per heavy atom. The third-order valence-corrected chi connectivity index (χ3v) is 6.20. The minimum Gasteiger partial charge on any atom is -0.349 e. The van der Waals surface area contributed by atoms with Crippen LogP contribution in [0.3, 0.4) is 0 Å². The van der Waals surface area contributed by atoms with Gasteiger partial charge in [-0.15, -0.1) is 0 Å². The predicted octanol–water partition coefficient (Wildman–Crippen LogP) is 5.31. The van der Waals surface area contributed by atoms with E-state index in [1.165, 1.54) is 39.0 Å². The standard InChI is InChI=1S/C25H32ClN3O2/c1-18(30)27-24(19-12-14-21(26)15-13-19)16-25(31)28-23-11-7-6-8-20(23)17-29(2)22-9-4-3-5-10-22/h6-8,11-15,22,24H,3-5,9-10,16-17H2,1-2H3,(H,27,30)(H,28,31)/t24-/m1/s1. The van der Waals surface area contributed by atoms with Crippen molar-refractivity contribution in [3.8, 4) is 0 Å². The van der Waals surface area contributed by atoms with Gasteiger partial charge in [0.1, 0.15) is 0 Å². The van der Waals surface area contributed by atoms with Gasteiger partial charge >= 0.3 is 0 Å². The van der Waals surface area contributed by atoms with E-state index in [0.717, 1.165) is 23.4 Å². The molecule has 1 aliphatic rings. The first-order valence-corrected chi connectivity index (χ1v) is 11.4. The quantitative estimate of drug-likeness (QED) is 0.583. The summed E-state index contributed by atoms with van der Waals surface area (Å²) in [5, 5.41) is 6.55. The summed E-state index contributed by atoms with van der Waals surface area (Å²) in [6, 6.07) is 15.3. The van der Waals surface area contributed by atoms with Gasteiger partial charge in [0.05, 0.1) is 12.5 Å². The van der Waals surface area contributed by atoms with Crippen LogP contribution in [-0.2, 0) is 16.1 Å². The maximum absolute atomic E-state index is 12.9. The van der Waals surface area contributed by atoms with Crippen LogP contribution in [0.4, 0.5) is 5.69 Å². The van der Waals surface area contributed by atoms with Gasteiger partial charge < -0.3 is 10.6 Å². The SMILES string of the molecule is CC(=O)N[C@H](CC(=O)Nc1ccccc1CN(C)C1CCCCC1)c1ccc(Cl)cc1. The van der Waals surface area contributed by atoms with E-state index in [9.17, 15) is 9.59 Å². The molecule has 2 amide bonds. The highest BCUT2D eigenvalue weighted by Gasteiger charge is 2.21. The Morgan fingerprint density at radius 3 is 2.42 bits per heavy atom. The molecule has 0 saturated heterocycles. The molecule has 1 saturated carbocycles. The Labute approximate surface area is 190 Å². The van der Waals surface area contributed by atoms with E-state index in [4.69, 9.17) is 11.6 Å². The second-order valence-corrected chi connectivity index (χ2v) is 8.86. The molecule has 2 aromatic carbocycles. The molecule has 0 radical (unpaired) electrons. The lowest BCUT2D eigenvalue weighted by Crippen LogP contribution is -2.33. The van der Waals surface area contributed by atoms with Gasteiger partial charge in [0, 0.05) is 30.2 Å². The average Bonchev–Trinajstić information content (AvgIpc) is 2.75. The van der Waals surface area contributed by atoms with Gasteiger partial charge in [0.2, 0.25) is 11.8 Å². The minimum atomic E-state index is -0.410. The lowest BCUT2D eigenvalue weighted by atomic mass is 9.94. The monoisotopic (exact) mass is 441 g/mol. The zero-order valence-electron chi connectivity index (χ0n) is 18.4. The third-order valence-electron chi connectivity index (χ3n) is 5.95. The summed E-state index contributed by atoms with van der Waals surface area (Å²) in [5.74, 6) is -0.316. The van der Waals surface area contributed by atoms with Crippen LogP contribution in [0.15, 0.2) is 48.5 Å². The molecule has 31 heavy (non-hydrogen) atoms. The highest BCUT2D eigenvalue weighted by atomic mass is 35.5. The molecule has 1 fully saturated rings. The molecule has 166 valence electrons. The average molecular weight is 442 g/mol. The summed E-state index contributed by atoms with van der Waals surface area (Å²) < 4.78 is 0. The highest BCUT2D eigenvalue weighted by Crippen LogP contribution is 2.26. The third kappa shape index (κ3) is 7.08. The Hall–Kier alpha value is -2.37. The highest BCUT2D eigenvalue weighted by molar-refractivity contribution is 6.30. The lowest BCUT2D eigenvalue weighted by Gasteiger charge is -2.31. The number of nitrogens with one attached hydrogen (secondary N) is 2. The maximum atomic E-state index is 12.9. The number of para-hydroxylation sites is 1. The van der Waals surface area contributed by atoms with Gasteiger partial charge in [-0.05, 0) is 49.2 Å². The molecule has 6 heteroatoms. The number of carbonyl (C=O) groups excluding carboxylic acids is 2. The zero-order valence-corrected chi connectivity index (χ0v) is 19.1. The molecular formula is C25H32ClN3O2. The summed E-state index contributed by atoms with van der Waals surface area (Å²) in [5.41, 5.74) is 2.78. The van der Waals surface area contributed by atoms with Crippen molar-refractivity contribution >= 4 is 29.1 Å². The number of carbonyl (C=O) groups is 2. The second-order valence-electron chi connectivity index (χ2n) is 8.42. The van der Waals surface area contributed by atoms with E-state index >= 15 is 0 Å². The first kappa shape index (κ1) is 23.3. The van der Waals surface area contributed by atoms with Crippen molar-refractivity contribution in [3.63, 3.8) is 0 Å². The molecule has 2 aromatic rings. The van der Waals surface area contributed by atoms with Crippen LogP contribution in [-0.4, -0.2) is 29.8 Å². The van der Waals surface area contributed by atoms with Crippen LogP contribution < -0.4 is 10.6 Å². The molecule has 0 aliphatic heterocycles. The van der Waals surface area contributed by atoms with Crippen LogP contribution in [0.1, 0.15) is 62.6 Å². The number of anilines is 1. The maximum Gasteiger partial charge on any atom is 0.226 e. The Kier molecular flexibility index (Phi) is 8.50. The van der Waals surface area contributed by atoms with Crippen molar-refractivity contribution in [2.75, 3.05) is 12.4 Å². The molecule has 2 N–H and O–H groups in total. The van der Waals surface area contributed by atoms with Crippen molar-refractivity contribution in [1.29, 1.82) is 0 Å². The van der Waals surface area contributed by atoms with E-state index < -0.39 is 6.04 Å². The number of benzene rings is 2. The second kappa shape index (κ2) is 11.3. The van der Waals surface area contributed by atoms with Crippen molar-refractivity contribution in [2.45, 2.75) is 64.1 Å². The largest absolute Gasteiger partial charge is 0.349 e. The van der Waals surface area contributed by atoms with Crippen LogP contribution in [0.5, 0.6) is 0 Å². The molecule has 1 atom stereocenters. The lowest BCUT2D eigenvalue weighted by molar-refractivity contribution is -0.120. The fraction of sp³-hybridized carbons (Fsp3) is 0.440. The molecule has 0 bridgehead atoms. The number of nitrogens with zero attached hydrogens (tertiary/aromatic N) is 1. The fourth-order valence-electron chi connectivity index (χ4n) is 4.28. The molecule has 0 unspecified atom stereocenters. The van der Waals surface area contributed by atoms with Crippen LogP contribution in [0.25, 0.3) is 0 Å². The fourth-order valence-corrected chi connectivity index (χ4v) is 4.41. The van der Waals surface area contributed by atoms with Crippen LogP contribution in [0, 0.1) is 0 Å². The van der Waals surface area contributed by atoms with Crippen molar-refractivity contribution in [1.82, 2.24) is 10.2 Å². The molecule has 0 spiro atoms. The molecule has 0 heterocycles. The van der Waals surface area contributed by atoms with Gasteiger partial charge in [0.25, 0.3) is 0 Å². The first-order valence-electron chi connectivity index (χ1n) is 11.0. The van der Waals surface area contributed by atoms with Crippen molar-refractivity contribution < 1.29 is 9.59 Å². The van der Waals surface area contributed by atoms with Crippen LogP contribution in [0.2, 0.25) is 5.02 Å². The predicted molar refractivity (Wildman–Crippen MR) is 126 cm³/mol. The summed E-state index contributed by atoms with van der Waals surface area (Å²) in [6.07, 6.45) is 6.55. The molecule has 1 aliphatic carbocycles. The topological polar surface area (TPSA) is 61.4 Å². The number of hydrogen-bond acceptors (Lipinski definition) is 3. The molecular weight excluding hydrogens is 410 g/mol. The van der Waals surface area contributed by atoms with E-state index in [1.807, 2.05) is 30.3 Å². The summed E-state index contributed by atoms with van der Waals surface area (Å²) >= 11 is 5.98. The zero-order chi connectivity index (χ0) is 22.2. The van der Waals surface area contributed by atoms with Gasteiger partial charge in [-0.2, -0.15) is 0 Å². The summed E-state index contributed by atoms with van der Waals surface area (Å²) in [6.45, 7) is 2.25. The number of hydrogen-bond donors (Lipinski definition) is 2. The number of amides is 2. The number of rotatable bonds is 8. The van der Waals surface area contributed by atoms with E-state index in [0.29, 0.717) is 11.1 Å². The van der Waals surface area contributed by atoms with Crippen LogP contribution >= 0.6 is 11.6 Å². The minimum absolute atomic E-state index is 0.138. The normalized spacial score (nSPS) is 15.5. The Balaban J connectivity index is 1.67. The van der Waals surface area contributed by atoms with E-state index in [-0.39, 0.29) is 18.2 Å². The van der Waals surface area contributed by atoms with Crippen molar-refractivity contribution in [2.24, 2.45) is 0 Å². The van der Waals surface area contributed by atoms with Crippen molar-refractivity contribution in [3.05, 3.63) is 64.7 Å². The number of halogens is 1. The van der Waals surface area contributed by atoms with Gasteiger partial charge in [-0.1, -0.05) is 61.2 Å². The summed E-state index contributed by atoms with van der Waals surface area (Å²) in [4.78, 5) is 27.0. The van der Waals surface area contributed by atoms with E-state index in [1.54, 1.807) is 12.1 Å². The molecule has 0 aromatic heterocycles. The Bertz CT molecular complexity index is 879. The smallest absolute Gasteiger partial charge is 0.226 e. The Morgan fingerprint density at radius 2 is 1.74 bits per heavy atom. The summed E-state index contributed by atoms with van der Waals surface area (Å²) in [7, 11) is 2.17. The van der Waals surface area contributed by atoms with Gasteiger partial charge in [0.15, 0.2) is 0 Å². The first-order chi connectivity index (χ1) is 14.9. The van der Waals surface area contributed by atoms with Gasteiger partial charge in [-0.25, -0.2) is 0 Å². The van der Waals surface area contributed by atoms with Gasteiger partial charge in [-0.3, -0.25) is 14.5 Å².